The van der Waals surface area contributed by atoms with Crippen molar-refractivity contribution in [3.8, 4) is 11.5 Å². The quantitative estimate of drug-likeness (QED) is 0.414. The Balaban J connectivity index is 1.45. The molecule has 1 aromatic heterocycles. The van der Waals surface area contributed by atoms with Crippen LogP contribution in [0.5, 0.6) is 11.5 Å². The van der Waals surface area contributed by atoms with Gasteiger partial charge in [0.15, 0.2) is 5.84 Å². The molecule has 36 heavy (non-hydrogen) atoms. The molecule has 8 nitrogen and oxygen atoms in total. The molecule has 2 aliphatic rings. The molecule has 0 atom stereocenters. The number of methoxy groups -OCH3 is 1. The monoisotopic (exact) mass is 501 g/mol. The van der Waals surface area contributed by atoms with E-state index in [2.05, 4.69) is 27.7 Å². The first-order chi connectivity index (χ1) is 17.5. The fourth-order valence-corrected chi connectivity index (χ4v) is 5.35. The topological polar surface area (TPSA) is 92.3 Å². The molecule has 0 saturated carbocycles. The largest absolute Gasteiger partial charge is 0.497 e. The summed E-state index contributed by atoms with van der Waals surface area (Å²) in [5, 5.41) is 17.0. The number of para-hydroxylation sites is 1. The SMILES string of the molecule is CCCC1=NN2C(=N)/C(=C\c3c(C)n(CCOc4cccc(OC)c4)c4ccccc34)C(=O)N=C2S1. The molecule has 3 heterocycles. The highest BCUT2D eigenvalue weighted by Gasteiger charge is 2.35. The van der Waals surface area contributed by atoms with Crippen LogP contribution in [0.3, 0.4) is 0 Å². The Labute approximate surface area is 213 Å². The van der Waals surface area contributed by atoms with Gasteiger partial charge in [0.05, 0.1) is 19.2 Å². The number of carbonyl (C=O) groups is 1. The third-order valence-corrected chi connectivity index (χ3v) is 7.12. The summed E-state index contributed by atoms with van der Waals surface area (Å²) in [5.41, 5.74) is 3.15. The predicted molar refractivity (Wildman–Crippen MR) is 145 cm³/mol. The second kappa shape index (κ2) is 10.0. The molecule has 5 rings (SSSR count). The van der Waals surface area contributed by atoms with Gasteiger partial charge in [0.25, 0.3) is 5.91 Å². The third-order valence-electron chi connectivity index (χ3n) is 6.15. The number of hydrogen-bond acceptors (Lipinski definition) is 6. The van der Waals surface area contributed by atoms with Crippen LogP contribution in [0.2, 0.25) is 0 Å². The Hall–Kier alpha value is -3.85. The van der Waals surface area contributed by atoms with E-state index >= 15 is 0 Å². The van der Waals surface area contributed by atoms with E-state index in [1.165, 1.54) is 16.8 Å². The number of amides is 1. The van der Waals surface area contributed by atoms with Crippen LogP contribution < -0.4 is 9.47 Å². The lowest BCUT2D eigenvalue weighted by Crippen LogP contribution is -2.35. The molecular formula is C27H27N5O3S. The summed E-state index contributed by atoms with van der Waals surface area (Å²) < 4.78 is 13.4. The first-order valence-electron chi connectivity index (χ1n) is 11.8. The van der Waals surface area contributed by atoms with Gasteiger partial charge in [-0.3, -0.25) is 10.2 Å². The van der Waals surface area contributed by atoms with Gasteiger partial charge >= 0.3 is 0 Å². The van der Waals surface area contributed by atoms with Gasteiger partial charge in [-0.1, -0.05) is 31.2 Å². The Morgan fingerprint density at radius 2 is 1.94 bits per heavy atom. The Morgan fingerprint density at radius 3 is 2.75 bits per heavy atom. The molecule has 2 aliphatic heterocycles. The standard InChI is InChI=1S/C27H27N5O3S/c1-4-8-24-30-32-25(28)22(26(33)29-27(32)36-24)16-21-17(2)31(23-12-6-5-11-20(21)23)13-14-35-19-10-7-9-18(15-19)34-3/h5-7,9-12,15-16,28H,4,8,13-14H2,1-3H3/b22-16+,28-25?. The Morgan fingerprint density at radius 1 is 1.14 bits per heavy atom. The number of fused-ring (bicyclic) bond motifs is 2. The van der Waals surface area contributed by atoms with Gasteiger partial charge in [-0.05, 0) is 55.8 Å². The zero-order valence-corrected chi connectivity index (χ0v) is 21.3. The molecule has 0 radical (unpaired) electrons. The van der Waals surface area contributed by atoms with E-state index in [1.54, 1.807) is 13.2 Å². The van der Waals surface area contributed by atoms with Crippen molar-refractivity contribution in [2.45, 2.75) is 33.2 Å². The van der Waals surface area contributed by atoms with Crippen molar-refractivity contribution in [2.24, 2.45) is 10.1 Å². The van der Waals surface area contributed by atoms with Crippen molar-refractivity contribution >= 4 is 50.7 Å². The third kappa shape index (κ3) is 4.42. The number of hydrazone groups is 1. The molecule has 0 saturated heterocycles. The zero-order valence-electron chi connectivity index (χ0n) is 20.4. The van der Waals surface area contributed by atoms with Crippen LogP contribution in [-0.4, -0.2) is 45.2 Å². The number of nitrogens with one attached hydrogen (secondary N) is 1. The lowest BCUT2D eigenvalue weighted by Gasteiger charge is -2.20. The highest BCUT2D eigenvalue weighted by Crippen LogP contribution is 2.32. The Bertz CT molecular complexity index is 1450. The molecule has 0 bridgehead atoms. The van der Waals surface area contributed by atoms with E-state index in [9.17, 15) is 4.79 Å². The number of thioether (sulfide) groups is 1. The minimum absolute atomic E-state index is 0.0567. The van der Waals surface area contributed by atoms with E-state index < -0.39 is 5.91 Å². The van der Waals surface area contributed by atoms with Crippen molar-refractivity contribution in [3.63, 3.8) is 0 Å². The molecule has 0 unspecified atom stereocenters. The number of amidine groups is 2. The highest BCUT2D eigenvalue weighted by molar-refractivity contribution is 8.26. The molecule has 9 heteroatoms. The molecule has 184 valence electrons. The average molecular weight is 502 g/mol. The van der Waals surface area contributed by atoms with Gasteiger partial charge in [0.1, 0.15) is 23.1 Å². The van der Waals surface area contributed by atoms with Crippen LogP contribution in [0.25, 0.3) is 17.0 Å². The van der Waals surface area contributed by atoms with Crippen LogP contribution in [0.15, 0.2) is 64.2 Å². The minimum Gasteiger partial charge on any atom is -0.497 e. The maximum Gasteiger partial charge on any atom is 0.283 e. The summed E-state index contributed by atoms with van der Waals surface area (Å²) in [6, 6.07) is 15.6. The number of aliphatic imine (C=N–C) groups is 1. The van der Waals surface area contributed by atoms with Crippen molar-refractivity contribution in [1.82, 2.24) is 9.58 Å². The second-order valence-corrected chi connectivity index (χ2v) is 9.50. The smallest absolute Gasteiger partial charge is 0.283 e. The Kier molecular flexibility index (Phi) is 6.65. The van der Waals surface area contributed by atoms with E-state index in [-0.39, 0.29) is 11.4 Å². The van der Waals surface area contributed by atoms with Crippen molar-refractivity contribution in [3.05, 3.63) is 65.4 Å². The number of benzene rings is 2. The molecule has 0 fully saturated rings. The van der Waals surface area contributed by atoms with Crippen LogP contribution in [0.4, 0.5) is 0 Å². The number of carbonyl (C=O) groups excluding carboxylic acids is 1. The highest BCUT2D eigenvalue weighted by atomic mass is 32.2. The number of ether oxygens (including phenoxy) is 2. The number of rotatable bonds is 8. The summed E-state index contributed by atoms with van der Waals surface area (Å²) in [6.07, 6.45) is 3.52. The normalized spacial score (nSPS) is 16.4. The second-order valence-electron chi connectivity index (χ2n) is 8.46. The molecule has 3 aromatic rings. The lowest BCUT2D eigenvalue weighted by atomic mass is 10.1. The maximum absolute atomic E-state index is 12.9. The van der Waals surface area contributed by atoms with Gasteiger partial charge in [-0.15, -0.1) is 0 Å². The van der Waals surface area contributed by atoms with Gasteiger partial charge in [-0.2, -0.15) is 15.1 Å². The average Bonchev–Trinajstić information content (AvgIpc) is 3.40. The minimum atomic E-state index is -0.413. The first-order valence-corrected chi connectivity index (χ1v) is 12.7. The predicted octanol–water partition coefficient (Wildman–Crippen LogP) is 5.46. The summed E-state index contributed by atoms with van der Waals surface area (Å²) in [7, 11) is 1.63. The lowest BCUT2D eigenvalue weighted by molar-refractivity contribution is -0.114. The van der Waals surface area contributed by atoms with Gasteiger partial charge in [-0.25, -0.2) is 0 Å². The van der Waals surface area contributed by atoms with Gasteiger partial charge < -0.3 is 14.0 Å². The summed E-state index contributed by atoms with van der Waals surface area (Å²) in [5.74, 6) is 1.13. The van der Waals surface area contributed by atoms with Crippen molar-refractivity contribution < 1.29 is 14.3 Å². The summed E-state index contributed by atoms with van der Waals surface area (Å²) in [6.45, 7) is 5.18. The number of aromatic nitrogens is 1. The van der Waals surface area contributed by atoms with E-state index in [0.29, 0.717) is 18.3 Å². The van der Waals surface area contributed by atoms with Crippen LogP contribution in [-0.2, 0) is 11.3 Å². The molecule has 1 amide bonds. The van der Waals surface area contributed by atoms with E-state index in [4.69, 9.17) is 14.9 Å². The van der Waals surface area contributed by atoms with E-state index in [1.807, 2.05) is 49.4 Å². The van der Waals surface area contributed by atoms with Crippen LogP contribution in [0, 0.1) is 12.3 Å². The first kappa shape index (κ1) is 23.9. The fourth-order valence-electron chi connectivity index (χ4n) is 4.36. The molecule has 2 aromatic carbocycles. The summed E-state index contributed by atoms with van der Waals surface area (Å²) in [4.78, 5) is 17.2. The fraction of sp³-hybridized carbons (Fsp3) is 0.259. The summed E-state index contributed by atoms with van der Waals surface area (Å²) >= 11 is 1.37. The van der Waals surface area contributed by atoms with Crippen molar-refractivity contribution in [1.29, 1.82) is 5.41 Å². The van der Waals surface area contributed by atoms with Crippen molar-refractivity contribution in [2.75, 3.05) is 13.7 Å². The molecule has 0 aliphatic carbocycles. The van der Waals surface area contributed by atoms with Gasteiger partial charge in [0, 0.05) is 28.2 Å². The van der Waals surface area contributed by atoms with Gasteiger partial charge in [0.2, 0.25) is 5.17 Å². The molecule has 1 N–H and O–H groups in total. The molecular weight excluding hydrogens is 474 g/mol. The van der Waals surface area contributed by atoms with E-state index in [0.717, 1.165) is 51.5 Å². The number of nitrogens with zero attached hydrogens (tertiary/aromatic N) is 4. The number of hydrogen-bond donors (Lipinski definition) is 1. The maximum atomic E-state index is 12.9. The van der Waals surface area contributed by atoms with Crippen LogP contribution in [0.1, 0.15) is 31.0 Å². The zero-order chi connectivity index (χ0) is 25.2. The molecule has 0 spiro atoms. The van der Waals surface area contributed by atoms with Crippen LogP contribution >= 0.6 is 11.8 Å².